The van der Waals surface area contributed by atoms with Gasteiger partial charge in [0.1, 0.15) is 0 Å². The summed E-state index contributed by atoms with van der Waals surface area (Å²) in [6.07, 6.45) is 1.59. The van der Waals surface area contributed by atoms with E-state index < -0.39 is 10.0 Å². The minimum atomic E-state index is -4.00. The molecule has 0 atom stereocenters. The molecule has 13 heteroatoms. The lowest BCUT2D eigenvalue weighted by Crippen LogP contribution is -2.74. The molecule has 1 aliphatic rings. The zero-order valence-corrected chi connectivity index (χ0v) is 30.8. The van der Waals surface area contributed by atoms with Gasteiger partial charge < -0.3 is 14.9 Å². The van der Waals surface area contributed by atoms with E-state index >= 15 is 0 Å². The van der Waals surface area contributed by atoms with Crippen molar-refractivity contribution < 1.29 is 29.1 Å². The number of benzene rings is 5. The molecule has 0 radical (unpaired) electrons. The van der Waals surface area contributed by atoms with Gasteiger partial charge in [-0.3, -0.25) is 9.62 Å². The number of hydrogen-bond donors (Lipinski definition) is 3. The van der Waals surface area contributed by atoms with E-state index in [1.54, 1.807) is 23.9 Å². The fourth-order valence-electron chi connectivity index (χ4n) is 6.41. The van der Waals surface area contributed by atoms with E-state index in [2.05, 4.69) is 68.2 Å². The highest BCUT2D eigenvalue weighted by Gasteiger charge is 2.23. The number of aryl methyl sites for hydroxylation is 1. The number of rotatable bonds is 13. The maximum absolute atomic E-state index is 13.4. The Labute approximate surface area is 312 Å². The van der Waals surface area contributed by atoms with Crippen molar-refractivity contribution in [1.29, 1.82) is 0 Å². The van der Waals surface area contributed by atoms with Crippen molar-refractivity contribution >= 4 is 61.5 Å². The van der Waals surface area contributed by atoms with Gasteiger partial charge in [-0.15, -0.1) is 11.8 Å². The summed E-state index contributed by atoms with van der Waals surface area (Å²) in [5.74, 6) is 1.03. The highest BCUT2D eigenvalue weighted by Crippen LogP contribution is 2.31. The predicted molar refractivity (Wildman–Crippen MR) is 208 cm³/mol. The van der Waals surface area contributed by atoms with Crippen LogP contribution in [0.2, 0.25) is 5.02 Å². The molecule has 10 nitrogen and oxygen atoms in total. The number of halogens is 1. The first-order valence-electron chi connectivity index (χ1n) is 16.9. The summed E-state index contributed by atoms with van der Waals surface area (Å²) in [6.45, 7) is 4.33. The molecular weight excluding hydrogens is 718 g/mol. The summed E-state index contributed by atoms with van der Waals surface area (Å²) < 4.78 is 35.0. The van der Waals surface area contributed by atoms with Gasteiger partial charge in [0, 0.05) is 66.0 Å². The first kappa shape index (κ1) is 37.4. The van der Waals surface area contributed by atoms with Crippen LogP contribution in [0.3, 0.4) is 0 Å². The third kappa shape index (κ3) is 8.79. The molecule has 5 aromatic carbocycles. The normalized spacial score (nSPS) is 13.6. The molecule has 0 spiro atoms. The van der Waals surface area contributed by atoms with Gasteiger partial charge in [0.2, 0.25) is 0 Å². The maximum atomic E-state index is 13.4. The van der Waals surface area contributed by atoms with Crippen molar-refractivity contribution in [3.8, 4) is 11.1 Å². The first-order chi connectivity index (χ1) is 24.9. The molecule has 0 bridgehead atoms. The van der Waals surface area contributed by atoms with E-state index in [9.17, 15) is 13.6 Å². The van der Waals surface area contributed by atoms with E-state index in [0.717, 1.165) is 72.2 Å². The average molecular weight is 759 g/mol. The number of nitrogens with one attached hydrogen (secondary N) is 1. The van der Waals surface area contributed by atoms with Crippen LogP contribution in [0.5, 0.6) is 0 Å². The summed E-state index contributed by atoms with van der Waals surface area (Å²) in [6, 6.07) is 37.2. The Hall–Kier alpha value is -4.40. The third-order valence-electron chi connectivity index (χ3n) is 9.16. The molecule has 1 saturated heterocycles. The number of nitrogens with zero attached hydrogens (tertiary/aromatic N) is 3. The molecule has 0 saturated carbocycles. The van der Waals surface area contributed by atoms with Crippen LogP contribution in [0, 0.1) is 0 Å². The molecule has 52 heavy (non-hydrogen) atoms. The molecule has 7 rings (SSSR count). The number of quaternary nitrogens is 1. The molecular formula is C39H41ClN5O5S2+. The summed E-state index contributed by atoms with van der Waals surface area (Å²) in [4.78, 5) is 6.01. The second kappa shape index (κ2) is 17.0. The second-order valence-corrected chi connectivity index (χ2v) is 15.8. The molecule has 1 aliphatic heterocycles. The van der Waals surface area contributed by atoms with E-state index in [4.69, 9.17) is 16.1 Å². The Balaban J connectivity index is 0.00000464. The van der Waals surface area contributed by atoms with Crippen molar-refractivity contribution in [3.05, 3.63) is 131 Å². The number of piperazine rings is 1. The molecule has 6 N–H and O–H groups in total. The van der Waals surface area contributed by atoms with E-state index in [1.165, 1.54) is 22.1 Å². The third-order valence-corrected chi connectivity index (χ3v) is 11.8. The van der Waals surface area contributed by atoms with Crippen LogP contribution >= 0.6 is 23.4 Å². The van der Waals surface area contributed by atoms with Gasteiger partial charge in [0.05, 0.1) is 10.3 Å². The Kier molecular flexibility index (Phi) is 12.2. The second-order valence-electron chi connectivity index (χ2n) is 12.5. The monoisotopic (exact) mass is 758 g/mol. The largest absolute Gasteiger partial charge is 0.412 e. The van der Waals surface area contributed by atoms with Crippen LogP contribution in [-0.4, -0.2) is 61.1 Å². The number of hydrogen-bond acceptors (Lipinski definition) is 8. The molecule has 270 valence electrons. The lowest BCUT2D eigenvalue weighted by molar-refractivity contribution is -0.826. The van der Waals surface area contributed by atoms with Gasteiger partial charge in [0.25, 0.3) is 10.0 Å². The molecule has 2 heterocycles. The number of aromatic nitrogens is 1. The van der Waals surface area contributed by atoms with Crippen LogP contribution in [0.4, 0.5) is 17.2 Å². The Bertz CT molecular complexity index is 2210. The minimum Gasteiger partial charge on any atom is -0.412 e. The molecule has 1 fully saturated rings. The maximum Gasteiger partial charge on any atom is 0.263 e. The Morgan fingerprint density at radius 2 is 1.62 bits per heavy atom. The van der Waals surface area contributed by atoms with Gasteiger partial charge in [-0.1, -0.05) is 77.4 Å². The predicted octanol–water partition coefficient (Wildman–Crippen LogP) is 6.76. The van der Waals surface area contributed by atoms with E-state index in [-0.39, 0.29) is 16.2 Å². The Morgan fingerprint density at radius 3 is 2.38 bits per heavy atom. The SMILES string of the molecule is O.O=S(=O)(Nc1noc2cc(N3CCN(Cc4ccccc4-c4ccc(Cl)cc4)CC3)ccc12)c1ccc(CCCSc2ccccc2)c([NH2+]O)c1. The topological polar surface area (TPSA) is 147 Å². The van der Waals surface area contributed by atoms with E-state index in [0.29, 0.717) is 23.1 Å². The number of anilines is 2. The van der Waals surface area contributed by atoms with Crippen molar-refractivity contribution in [3.63, 3.8) is 0 Å². The van der Waals surface area contributed by atoms with Gasteiger partial charge in [-0.05, 0) is 77.7 Å². The zero-order chi connectivity index (χ0) is 35.2. The zero-order valence-electron chi connectivity index (χ0n) is 28.4. The standard InChI is InChI=1S/C39H38ClN5O4S2.H2O/c40-31-15-12-28(13-16-31)35-11-5-4-7-30(35)27-44-20-22-45(23-21-44)32-17-19-36-38(25-32)49-42-39(36)43-51(47,48)34-18-14-29(37(26-34)41-46)8-6-24-50-33-9-2-1-3-10-33;/h1-5,7,9-19,25-26,41,46H,6,8,20-24,27H2,(H,42,43);1H2/p+1. The lowest BCUT2D eigenvalue weighted by Gasteiger charge is -2.36. The average Bonchev–Trinajstić information content (AvgIpc) is 3.55. The van der Waals surface area contributed by atoms with Crippen LogP contribution in [0.1, 0.15) is 17.5 Å². The van der Waals surface area contributed by atoms with Crippen LogP contribution < -0.4 is 15.1 Å². The fourth-order valence-corrected chi connectivity index (χ4v) is 8.46. The lowest BCUT2D eigenvalue weighted by atomic mass is 9.99. The highest BCUT2D eigenvalue weighted by molar-refractivity contribution is 7.99. The van der Waals surface area contributed by atoms with Gasteiger partial charge in [0.15, 0.2) is 17.1 Å². The highest BCUT2D eigenvalue weighted by atomic mass is 35.5. The first-order valence-corrected chi connectivity index (χ1v) is 19.7. The number of nitrogens with two attached hydrogens (primary N) is 1. The van der Waals surface area contributed by atoms with Crippen molar-refractivity contribution in [2.24, 2.45) is 0 Å². The van der Waals surface area contributed by atoms with Crippen molar-refractivity contribution in [2.45, 2.75) is 29.2 Å². The number of fused-ring (bicyclic) bond motifs is 1. The van der Waals surface area contributed by atoms with Crippen molar-refractivity contribution in [1.82, 2.24) is 10.1 Å². The van der Waals surface area contributed by atoms with Crippen LogP contribution in [-0.2, 0) is 23.0 Å². The molecule has 0 unspecified atom stereocenters. The number of thioether (sulfide) groups is 1. The van der Waals surface area contributed by atoms with Crippen molar-refractivity contribution in [2.75, 3.05) is 41.6 Å². The molecule has 0 aliphatic carbocycles. The quantitative estimate of drug-likeness (QED) is 0.0507. The summed E-state index contributed by atoms with van der Waals surface area (Å²) in [7, 11) is -4.00. The Morgan fingerprint density at radius 1 is 0.865 bits per heavy atom. The van der Waals surface area contributed by atoms with Crippen LogP contribution in [0.15, 0.2) is 130 Å². The van der Waals surface area contributed by atoms with Gasteiger partial charge in [-0.2, -0.15) is 5.48 Å². The molecule has 6 aromatic rings. The summed E-state index contributed by atoms with van der Waals surface area (Å²) in [5, 5.41) is 15.3. The summed E-state index contributed by atoms with van der Waals surface area (Å²) >= 11 is 7.89. The van der Waals surface area contributed by atoms with Gasteiger partial charge in [-0.25, -0.2) is 13.6 Å². The van der Waals surface area contributed by atoms with Gasteiger partial charge >= 0.3 is 0 Å². The van der Waals surface area contributed by atoms with Crippen LogP contribution in [0.25, 0.3) is 22.1 Å². The molecule has 1 aromatic heterocycles. The summed E-state index contributed by atoms with van der Waals surface area (Å²) in [5.41, 5.74) is 7.46. The smallest absolute Gasteiger partial charge is 0.263 e. The van der Waals surface area contributed by atoms with E-state index in [1.807, 2.05) is 48.5 Å². The number of sulfonamides is 1. The fraction of sp³-hybridized carbons (Fsp3) is 0.205. The molecule has 0 amide bonds. The minimum absolute atomic E-state index is 0.